The maximum Gasteiger partial charge on any atom is 0.408 e. The summed E-state index contributed by atoms with van der Waals surface area (Å²) in [6, 6.07) is 4.16. The first-order valence-electron chi connectivity index (χ1n) is 10.8. The Morgan fingerprint density at radius 2 is 1.87 bits per heavy atom. The Morgan fingerprint density at radius 3 is 2.43 bits per heavy atom. The Kier molecular flexibility index (Phi) is 8.32. The number of aromatic nitrogens is 1. The molecule has 0 saturated carbocycles. The van der Waals surface area contributed by atoms with E-state index in [9.17, 15) is 4.79 Å². The number of hydrogen-bond acceptors (Lipinski definition) is 5. The lowest BCUT2D eigenvalue weighted by Crippen LogP contribution is -2.54. The van der Waals surface area contributed by atoms with Gasteiger partial charge in [0.2, 0.25) is 0 Å². The fourth-order valence-electron chi connectivity index (χ4n) is 3.08. The van der Waals surface area contributed by atoms with Crippen molar-refractivity contribution >= 4 is 17.9 Å². The molecule has 0 spiro atoms. The summed E-state index contributed by atoms with van der Waals surface area (Å²) in [4.78, 5) is 23.6. The molecule has 8 nitrogen and oxygen atoms in total. The van der Waals surface area contributed by atoms with E-state index in [0.717, 1.165) is 31.0 Å². The Labute approximate surface area is 180 Å². The normalized spacial score (nSPS) is 15.1. The average Bonchev–Trinajstić information content (AvgIpc) is 3.17. The molecule has 1 aliphatic rings. The number of aliphatic imine (C=N–C) groups is 1. The van der Waals surface area contributed by atoms with Crippen LogP contribution >= 0.6 is 0 Å². The monoisotopic (exact) mass is 418 g/mol. The molecule has 0 atom stereocenters. The number of rotatable bonds is 7. The van der Waals surface area contributed by atoms with Gasteiger partial charge in [-0.25, -0.2) is 14.8 Å². The summed E-state index contributed by atoms with van der Waals surface area (Å²) in [5.41, 5.74) is 0.0288. The number of carbonyl (C=O) groups excluding carboxylic acids is 1. The van der Waals surface area contributed by atoms with E-state index < -0.39 is 17.2 Å². The summed E-state index contributed by atoms with van der Waals surface area (Å²) in [5.74, 6) is 1.74. The SMILES string of the molecule is CCNC(=NCc1ccc(N2CCCC2)nc1)NCC(C)(C)NC(=O)OC(C)(C)C. The number of ether oxygens (including phenoxy) is 1. The summed E-state index contributed by atoms with van der Waals surface area (Å²) < 4.78 is 5.35. The summed E-state index contributed by atoms with van der Waals surface area (Å²) >= 11 is 0. The van der Waals surface area contributed by atoms with Crippen molar-refractivity contribution in [2.24, 2.45) is 4.99 Å². The van der Waals surface area contributed by atoms with E-state index >= 15 is 0 Å². The van der Waals surface area contributed by atoms with Crippen LogP contribution in [0.2, 0.25) is 0 Å². The number of hydrogen-bond donors (Lipinski definition) is 3. The van der Waals surface area contributed by atoms with Crippen molar-refractivity contribution in [2.75, 3.05) is 31.1 Å². The van der Waals surface area contributed by atoms with E-state index in [1.54, 1.807) is 0 Å². The largest absolute Gasteiger partial charge is 0.444 e. The van der Waals surface area contributed by atoms with Crippen molar-refractivity contribution in [3.8, 4) is 0 Å². The second-order valence-electron chi connectivity index (χ2n) is 9.28. The highest BCUT2D eigenvalue weighted by atomic mass is 16.6. The molecule has 2 rings (SSSR count). The molecule has 1 fully saturated rings. The predicted molar refractivity (Wildman–Crippen MR) is 122 cm³/mol. The van der Waals surface area contributed by atoms with Crippen molar-refractivity contribution in [1.82, 2.24) is 20.9 Å². The van der Waals surface area contributed by atoms with Crippen LogP contribution in [0.15, 0.2) is 23.3 Å². The fourth-order valence-corrected chi connectivity index (χ4v) is 3.08. The van der Waals surface area contributed by atoms with Gasteiger partial charge in [-0.1, -0.05) is 6.07 Å². The second-order valence-corrected chi connectivity index (χ2v) is 9.28. The van der Waals surface area contributed by atoms with Crippen LogP contribution in [0.3, 0.4) is 0 Å². The molecule has 0 aliphatic carbocycles. The summed E-state index contributed by atoms with van der Waals surface area (Å²) in [7, 11) is 0. The number of carbonyl (C=O) groups is 1. The van der Waals surface area contributed by atoms with Gasteiger partial charge in [-0.2, -0.15) is 0 Å². The molecule has 8 heteroatoms. The first-order chi connectivity index (χ1) is 14.1. The molecule has 2 heterocycles. The molecule has 1 saturated heterocycles. The lowest BCUT2D eigenvalue weighted by atomic mass is 10.1. The third kappa shape index (κ3) is 8.47. The van der Waals surface area contributed by atoms with E-state index in [1.165, 1.54) is 12.8 Å². The topological polar surface area (TPSA) is 90.9 Å². The minimum Gasteiger partial charge on any atom is -0.444 e. The van der Waals surface area contributed by atoms with Crippen LogP contribution in [0, 0.1) is 0 Å². The lowest BCUT2D eigenvalue weighted by Gasteiger charge is -2.29. The Hall–Kier alpha value is -2.51. The van der Waals surface area contributed by atoms with Crippen LogP contribution in [0.4, 0.5) is 10.6 Å². The zero-order valence-corrected chi connectivity index (χ0v) is 19.3. The second kappa shape index (κ2) is 10.5. The maximum atomic E-state index is 12.1. The minimum absolute atomic E-state index is 0.430. The highest BCUT2D eigenvalue weighted by molar-refractivity contribution is 5.80. The first kappa shape index (κ1) is 23.8. The van der Waals surface area contributed by atoms with Gasteiger partial charge in [0.1, 0.15) is 11.4 Å². The molecule has 1 aromatic rings. The van der Waals surface area contributed by atoms with E-state index in [2.05, 4.69) is 43.0 Å². The van der Waals surface area contributed by atoms with E-state index in [-0.39, 0.29) is 0 Å². The summed E-state index contributed by atoms with van der Waals surface area (Å²) in [6.07, 6.45) is 3.95. The molecule has 1 amide bonds. The van der Waals surface area contributed by atoms with Gasteiger partial charge < -0.3 is 25.6 Å². The fraction of sp³-hybridized carbons (Fsp3) is 0.682. The summed E-state index contributed by atoms with van der Waals surface area (Å²) in [5, 5.41) is 9.43. The van der Waals surface area contributed by atoms with Crippen molar-refractivity contribution in [1.29, 1.82) is 0 Å². The van der Waals surface area contributed by atoms with Gasteiger partial charge in [0.15, 0.2) is 5.96 Å². The van der Waals surface area contributed by atoms with Gasteiger partial charge in [0.25, 0.3) is 0 Å². The highest BCUT2D eigenvalue weighted by Crippen LogP contribution is 2.17. The van der Waals surface area contributed by atoms with Crippen LogP contribution in [0.1, 0.15) is 59.9 Å². The van der Waals surface area contributed by atoms with Crippen molar-refractivity contribution < 1.29 is 9.53 Å². The van der Waals surface area contributed by atoms with Gasteiger partial charge in [-0.05, 0) is 66.0 Å². The lowest BCUT2D eigenvalue weighted by molar-refractivity contribution is 0.0474. The van der Waals surface area contributed by atoms with Crippen LogP contribution in [0.25, 0.3) is 0 Å². The summed E-state index contributed by atoms with van der Waals surface area (Å²) in [6.45, 7) is 15.4. The van der Waals surface area contributed by atoms with Gasteiger partial charge in [0.05, 0.1) is 12.1 Å². The highest BCUT2D eigenvalue weighted by Gasteiger charge is 2.24. The molecule has 1 aliphatic heterocycles. The molecule has 1 aromatic heterocycles. The number of guanidine groups is 1. The Balaban J connectivity index is 1.89. The third-order valence-electron chi connectivity index (χ3n) is 4.54. The maximum absolute atomic E-state index is 12.1. The third-order valence-corrected chi connectivity index (χ3v) is 4.54. The van der Waals surface area contributed by atoms with Crippen LogP contribution in [-0.2, 0) is 11.3 Å². The minimum atomic E-state index is -0.525. The number of nitrogens with zero attached hydrogens (tertiary/aromatic N) is 3. The molecule has 30 heavy (non-hydrogen) atoms. The molecule has 0 aromatic carbocycles. The van der Waals surface area contributed by atoms with Gasteiger partial charge in [0, 0.05) is 32.4 Å². The average molecular weight is 419 g/mol. The number of alkyl carbamates (subject to hydrolysis) is 1. The zero-order chi connectivity index (χ0) is 22.2. The zero-order valence-electron chi connectivity index (χ0n) is 19.3. The van der Waals surface area contributed by atoms with Crippen LogP contribution in [-0.4, -0.2) is 54.4 Å². The quantitative estimate of drug-likeness (QED) is 0.466. The first-order valence-corrected chi connectivity index (χ1v) is 10.8. The molecule has 0 unspecified atom stereocenters. The van der Waals surface area contributed by atoms with Crippen LogP contribution < -0.4 is 20.9 Å². The number of amides is 1. The van der Waals surface area contributed by atoms with Gasteiger partial charge in [-0.15, -0.1) is 0 Å². The molecular formula is C22H38N6O2. The van der Waals surface area contributed by atoms with Gasteiger partial charge in [-0.3, -0.25) is 0 Å². The molecule has 168 valence electrons. The number of nitrogens with one attached hydrogen (secondary N) is 3. The molecule has 0 radical (unpaired) electrons. The van der Waals surface area contributed by atoms with Crippen molar-refractivity contribution in [3.63, 3.8) is 0 Å². The number of anilines is 1. The van der Waals surface area contributed by atoms with Crippen LogP contribution in [0.5, 0.6) is 0 Å². The smallest absolute Gasteiger partial charge is 0.408 e. The standard InChI is InChI=1S/C22H38N6O2/c1-7-23-19(26-16-22(5,6)27-20(29)30-21(2,3)4)25-15-17-10-11-18(24-14-17)28-12-8-9-13-28/h10-11,14H,7-9,12-13,15-16H2,1-6H3,(H,27,29)(H2,23,25,26). The molecule has 3 N–H and O–H groups in total. The van der Waals surface area contributed by atoms with Crippen molar-refractivity contribution in [2.45, 2.75) is 72.1 Å². The Morgan fingerprint density at radius 1 is 1.17 bits per heavy atom. The molecule has 0 bridgehead atoms. The Bertz CT molecular complexity index is 703. The van der Waals surface area contributed by atoms with Gasteiger partial charge >= 0.3 is 6.09 Å². The molecular weight excluding hydrogens is 380 g/mol. The predicted octanol–water partition coefficient (Wildman–Crippen LogP) is 3.04. The number of pyridine rings is 1. The van der Waals surface area contributed by atoms with E-state index in [4.69, 9.17) is 4.74 Å². The van der Waals surface area contributed by atoms with E-state index in [0.29, 0.717) is 19.0 Å². The van der Waals surface area contributed by atoms with Crippen molar-refractivity contribution in [3.05, 3.63) is 23.9 Å². The van der Waals surface area contributed by atoms with E-state index in [1.807, 2.05) is 47.7 Å².